The van der Waals surface area contributed by atoms with Crippen LogP contribution in [0.5, 0.6) is 0 Å². The van der Waals surface area contributed by atoms with Crippen LogP contribution in [0.15, 0.2) is 29.6 Å². The van der Waals surface area contributed by atoms with Crippen LogP contribution < -0.4 is 0 Å². The highest BCUT2D eigenvalue weighted by Crippen LogP contribution is 2.34. The lowest BCUT2D eigenvalue weighted by molar-refractivity contribution is -0.152. The van der Waals surface area contributed by atoms with E-state index in [1.54, 1.807) is 17.4 Å². The highest BCUT2D eigenvalue weighted by molar-refractivity contribution is 7.21. The summed E-state index contributed by atoms with van der Waals surface area (Å²) < 4.78 is 0. The minimum Gasteiger partial charge on any atom is -0.479 e. The zero-order valence-electron chi connectivity index (χ0n) is 8.61. The second-order valence-electron chi connectivity index (χ2n) is 3.41. The van der Waals surface area contributed by atoms with Crippen molar-refractivity contribution in [3.63, 3.8) is 0 Å². The average molecular weight is 270 g/mol. The second-order valence-corrected chi connectivity index (χ2v) is 5.47. The van der Waals surface area contributed by atoms with E-state index in [0.29, 0.717) is 4.88 Å². The molecule has 2 heterocycles. The maximum atomic E-state index is 10.5. The van der Waals surface area contributed by atoms with Gasteiger partial charge in [-0.1, -0.05) is 6.07 Å². The van der Waals surface area contributed by atoms with Gasteiger partial charge in [-0.05, 0) is 23.6 Å². The molecule has 0 spiro atoms. The minimum atomic E-state index is -1.79. The van der Waals surface area contributed by atoms with Gasteiger partial charge in [-0.3, -0.25) is 0 Å². The molecule has 0 aliphatic heterocycles. The number of hydrogen-bond donors (Lipinski definition) is 3. The Morgan fingerprint density at radius 3 is 2.53 bits per heavy atom. The van der Waals surface area contributed by atoms with Crippen LogP contribution in [0.1, 0.15) is 11.0 Å². The summed E-state index contributed by atoms with van der Waals surface area (Å²) in [5, 5.41) is 29.4. The van der Waals surface area contributed by atoms with Crippen LogP contribution in [-0.2, 0) is 4.79 Å². The van der Waals surface area contributed by atoms with Crippen LogP contribution in [0.25, 0.3) is 9.75 Å². The van der Waals surface area contributed by atoms with E-state index >= 15 is 0 Å². The molecule has 17 heavy (non-hydrogen) atoms. The quantitative estimate of drug-likeness (QED) is 0.793. The van der Waals surface area contributed by atoms with E-state index in [1.807, 2.05) is 23.6 Å². The van der Waals surface area contributed by atoms with Crippen LogP contribution in [0.3, 0.4) is 0 Å². The lowest BCUT2D eigenvalue weighted by Gasteiger charge is -2.11. The summed E-state index contributed by atoms with van der Waals surface area (Å²) in [7, 11) is 0. The van der Waals surface area contributed by atoms with E-state index in [1.165, 1.54) is 11.3 Å². The summed E-state index contributed by atoms with van der Waals surface area (Å²) in [5.41, 5.74) is 0. The summed E-state index contributed by atoms with van der Waals surface area (Å²) in [6.45, 7) is 0. The predicted octanol–water partition coefficient (Wildman–Crippen LogP) is 1.96. The van der Waals surface area contributed by atoms with Crippen molar-refractivity contribution in [2.75, 3.05) is 0 Å². The molecular weight excluding hydrogens is 260 g/mol. The number of thiophene rings is 2. The SMILES string of the molecule is O=C(O)C(O)C(O)c1ccc(-c2cccs2)s1. The maximum Gasteiger partial charge on any atom is 0.335 e. The van der Waals surface area contributed by atoms with E-state index in [2.05, 4.69) is 0 Å². The van der Waals surface area contributed by atoms with Crippen molar-refractivity contribution in [1.29, 1.82) is 0 Å². The molecule has 0 saturated heterocycles. The summed E-state index contributed by atoms with van der Waals surface area (Å²) >= 11 is 2.85. The van der Waals surface area contributed by atoms with Gasteiger partial charge in [0, 0.05) is 14.6 Å². The lowest BCUT2D eigenvalue weighted by atomic mass is 10.2. The Bertz CT molecular complexity index is 503. The zero-order valence-corrected chi connectivity index (χ0v) is 10.2. The standard InChI is InChI=1S/C11H10O4S2/c12-9(10(13)11(14)15)8-4-3-7(17-8)6-2-1-5-16-6/h1-5,9-10,12-13H,(H,14,15). The molecular formula is C11H10O4S2. The van der Waals surface area contributed by atoms with Gasteiger partial charge in [-0.25, -0.2) is 4.79 Å². The van der Waals surface area contributed by atoms with E-state index in [-0.39, 0.29) is 0 Å². The molecule has 2 aromatic heterocycles. The lowest BCUT2D eigenvalue weighted by Crippen LogP contribution is -2.26. The van der Waals surface area contributed by atoms with Crippen LogP contribution in [0.4, 0.5) is 0 Å². The van der Waals surface area contributed by atoms with E-state index in [4.69, 9.17) is 5.11 Å². The van der Waals surface area contributed by atoms with Crippen LogP contribution in [0.2, 0.25) is 0 Å². The first-order valence-corrected chi connectivity index (χ1v) is 6.52. The monoisotopic (exact) mass is 270 g/mol. The Balaban J connectivity index is 2.21. The molecule has 0 aliphatic carbocycles. The fourth-order valence-electron chi connectivity index (χ4n) is 1.35. The van der Waals surface area contributed by atoms with Crippen LogP contribution in [0, 0.1) is 0 Å². The van der Waals surface area contributed by atoms with Gasteiger partial charge < -0.3 is 15.3 Å². The number of carboxylic acids is 1. The molecule has 0 saturated carbocycles. The van der Waals surface area contributed by atoms with Gasteiger partial charge in [-0.2, -0.15) is 0 Å². The molecule has 2 atom stereocenters. The minimum absolute atomic E-state index is 0.448. The van der Waals surface area contributed by atoms with Gasteiger partial charge in [0.1, 0.15) is 6.10 Å². The number of carbonyl (C=O) groups is 1. The fourth-order valence-corrected chi connectivity index (χ4v) is 3.21. The summed E-state index contributed by atoms with van der Waals surface area (Å²) in [4.78, 5) is 13.0. The zero-order chi connectivity index (χ0) is 12.4. The Kier molecular flexibility index (Phi) is 3.58. The first kappa shape index (κ1) is 12.3. The van der Waals surface area contributed by atoms with Crippen molar-refractivity contribution < 1.29 is 20.1 Å². The van der Waals surface area contributed by atoms with Gasteiger partial charge in [0.2, 0.25) is 0 Å². The summed E-state index contributed by atoms with van der Waals surface area (Å²) in [6, 6.07) is 7.31. The number of carboxylic acid groups (broad SMARTS) is 1. The molecule has 0 fully saturated rings. The first-order chi connectivity index (χ1) is 8.09. The molecule has 4 nitrogen and oxygen atoms in total. The Morgan fingerprint density at radius 2 is 1.94 bits per heavy atom. The molecule has 2 rings (SSSR count). The van der Waals surface area contributed by atoms with Crippen molar-refractivity contribution in [1.82, 2.24) is 0 Å². The molecule has 2 unspecified atom stereocenters. The number of aliphatic carboxylic acids is 1. The van der Waals surface area contributed by atoms with Crippen molar-refractivity contribution >= 4 is 28.6 Å². The third-order valence-corrected chi connectivity index (χ3v) is 4.46. The van der Waals surface area contributed by atoms with Gasteiger partial charge in [0.15, 0.2) is 6.10 Å². The first-order valence-electron chi connectivity index (χ1n) is 4.82. The topological polar surface area (TPSA) is 77.8 Å². The normalized spacial score (nSPS) is 14.5. The molecule has 6 heteroatoms. The molecule has 3 N–H and O–H groups in total. The van der Waals surface area contributed by atoms with Gasteiger partial charge in [0.25, 0.3) is 0 Å². The van der Waals surface area contributed by atoms with Crippen molar-refractivity contribution in [3.05, 3.63) is 34.5 Å². The van der Waals surface area contributed by atoms with Gasteiger partial charge in [0.05, 0.1) is 0 Å². The smallest absolute Gasteiger partial charge is 0.335 e. The van der Waals surface area contributed by atoms with E-state index < -0.39 is 18.2 Å². The maximum absolute atomic E-state index is 10.5. The van der Waals surface area contributed by atoms with E-state index in [0.717, 1.165) is 9.75 Å². The highest BCUT2D eigenvalue weighted by atomic mass is 32.1. The van der Waals surface area contributed by atoms with Crippen molar-refractivity contribution in [2.24, 2.45) is 0 Å². The number of hydrogen-bond acceptors (Lipinski definition) is 5. The van der Waals surface area contributed by atoms with Crippen molar-refractivity contribution in [2.45, 2.75) is 12.2 Å². The number of aliphatic hydroxyl groups is 2. The van der Waals surface area contributed by atoms with Gasteiger partial charge in [-0.15, -0.1) is 22.7 Å². The summed E-state index contributed by atoms with van der Waals surface area (Å²) in [6.07, 6.45) is -3.17. The third-order valence-electron chi connectivity index (χ3n) is 2.23. The molecule has 2 aromatic rings. The molecule has 0 aliphatic rings. The Morgan fingerprint density at radius 1 is 1.18 bits per heavy atom. The molecule has 0 bridgehead atoms. The third kappa shape index (κ3) is 2.55. The number of rotatable bonds is 4. The highest BCUT2D eigenvalue weighted by Gasteiger charge is 2.26. The summed E-state index contributed by atoms with van der Waals surface area (Å²) in [5.74, 6) is -1.43. The Hall–Kier alpha value is -1.21. The van der Waals surface area contributed by atoms with Crippen LogP contribution >= 0.6 is 22.7 Å². The molecule has 0 aromatic carbocycles. The largest absolute Gasteiger partial charge is 0.479 e. The molecule has 0 radical (unpaired) electrons. The second kappa shape index (κ2) is 4.97. The van der Waals surface area contributed by atoms with Crippen molar-refractivity contribution in [3.8, 4) is 9.75 Å². The average Bonchev–Trinajstić information content (AvgIpc) is 2.96. The molecule has 90 valence electrons. The molecule has 0 amide bonds. The fraction of sp³-hybridized carbons (Fsp3) is 0.182. The van der Waals surface area contributed by atoms with E-state index in [9.17, 15) is 15.0 Å². The predicted molar refractivity (Wildman–Crippen MR) is 66.2 cm³/mol. The number of aliphatic hydroxyl groups excluding tert-OH is 2. The van der Waals surface area contributed by atoms with Crippen LogP contribution in [-0.4, -0.2) is 27.4 Å². The Labute approximate surface area is 105 Å². The van der Waals surface area contributed by atoms with Gasteiger partial charge >= 0.3 is 5.97 Å².